The lowest BCUT2D eigenvalue weighted by molar-refractivity contribution is 0.0945. The monoisotopic (exact) mass is 374 g/mol. The minimum Gasteiger partial charge on any atom is -0.352 e. The van der Waals surface area contributed by atoms with Crippen LogP contribution in [0.1, 0.15) is 52.8 Å². The van der Waals surface area contributed by atoms with Gasteiger partial charge < -0.3 is 10.6 Å². The van der Waals surface area contributed by atoms with Crippen molar-refractivity contribution in [3.63, 3.8) is 0 Å². The minimum absolute atomic E-state index is 0.196. The molecule has 0 heterocycles. The van der Waals surface area contributed by atoms with E-state index in [2.05, 4.69) is 10.6 Å². The Balaban J connectivity index is 1.47. The van der Waals surface area contributed by atoms with E-state index in [-0.39, 0.29) is 23.4 Å². The standard InChI is InChI=1S/C21H24F2N2O2/c22-18-10-6-16(7-11-18)20(26)24-14-4-2-1-3-5-15-25-21(27)17-8-12-19(23)13-9-17/h6-13H,1-5,14-15H2,(H,24,26)(H,25,27). The summed E-state index contributed by atoms with van der Waals surface area (Å²) in [5.41, 5.74) is 0.904. The predicted octanol–water partition coefficient (Wildman–Crippen LogP) is 4.08. The number of rotatable bonds is 10. The van der Waals surface area contributed by atoms with Crippen molar-refractivity contribution < 1.29 is 18.4 Å². The average molecular weight is 374 g/mol. The number of nitrogens with one attached hydrogen (secondary N) is 2. The second kappa shape index (κ2) is 11.1. The highest BCUT2D eigenvalue weighted by Crippen LogP contribution is 2.05. The van der Waals surface area contributed by atoms with Crippen LogP contribution in [0, 0.1) is 11.6 Å². The Morgan fingerprint density at radius 1 is 0.593 bits per heavy atom. The highest BCUT2D eigenvalue weighted by atomic mass is 19.1. The van der Waals surface area contributed by atoms with Crippen molar-refractivity contribution in [2.75, 3.05) is 13.1 Å². The number of unbranched alkanes of at least 4 members (excludes halogenated alkanes) is 4. The Labute approximate surface area is 158 Å². The molecule has 0 spiro atoms. The van der Waals surface area contributed by atoms with Gasteiger partial charge in [0.2, 0.25) is 0 Å². The number of hydrogen-bond acceptors (Lipinski definition) is 2. The molecule has 0 unspecified atom stereocenters. The Hall–Kier alpha value is -2.76. The first-order valence-electron chi connectivity index (χ1n) is 9.14. The molecule has 0 atom stereocenters. The lowest BCUT2D eigenvalue weighted by atomic mass is 10.1. The van der Waals surface area contributed by atoms with Gasteiger partial charge in [-0.2, -0.15) is 0 Å². The fourth-order valence-electron chi connectivity index (χ4n) is 2.59. The quantitative estimate of drug-likeness (QED) is 0.616. The van der Waals surface area contributed by atoms with Crippen LogP contribution in [0.2, 0.25) is 0 Å². The van der Waals surface area contributed by atoms with Crippen LogP contribution >= 0.6 is 0 Å². The van der Waals surface area contributed by atoms with Crippen molar-refractivity contribution in [1.82, 2.24) is 10.6 Å². The molecular weight excluding hydrogens is 350 g/mol. The van der Waals surface area contributed by atoms with Gasteiger partial charge in [-0.15, -0.1) is 0 Å². The van der Waals surface area contributed by atoms with Crippen molar-refractivity contribution in [3.05, 3.63) is 71.3 Å². The summed E-state index contributed by atoms with van der Waals surface area (Å²) in [6, 6.07) is 10.9. The van der Waals surface area contributed by atoms with Gasteiger partial charge in [0, 0.05) is 24.2 Å². The number of carbonyl (C=O) groups excluding carboxylic acids is 2. The van der Waals surface area contributed by atoms with Gasteiger partial charge in [-0.05, 0) is 61.4 Å². The Morgan fingerprint density at radius 2 is 0.926 bits per heavy atom. The number of carbonyl (C=O) groups is 2. The molecule has 0 aliphatic heterocycles. The summed E-state index contributed by atoms with van der Waals surface area (Å²) in [4.78, 5) is 23.7. The predicted molar refractivity (Wildman–Crippen MR) is 101 cm³/mol. The van der Waals surface area contributed by atoms with E-state index < -0.39 is 0 Å². The van der Waals surface area contributed by atoms with E-state index in [4.69, 9.17) is 0 Å². The van der Waals surface area contributed by atoms with E-state index in [1.54, 1.807) is 0 Å². The van der Waals surface area contributed by atoms with Gasteiger partial charge in [-0.3, -0.25) is 9.59 Å². The zero-order valence-electron chi connectivity index (χ0n) is 15.1. The number of halogens is 2. The molecule has 2 aromatic carbocycles. The van der Waals surface area contributed by atoms with Crippen LogP contribution in [0.3, 0.4) is 0 Å². The first-order chi connectivity index (χ1) is 13.1. The lowest BCUT2D eigenvalue weighted by Crippen LogP contribution is -2.24. The van der Waals surface area contributed by atoms with Gasteiger partial charge in [-0.1, -0.05) is 19.3 Å². The normalized spacial score (nSPS) is 10.4. The third-order valence-corrected chi connectivity index (χ3v) is 4.14. The van der Waals surface area contributed by atoms with E-state index in [9.17, 15) is 18.4 Å². The van der Waals surface area contributed by atoms with Crippen LogP contribution in [0.5, 0.6) is 0 Å². The number of amides is 2. The molecule has 2 N–H and O–H groups in total. The maximum Gasteiger partial charge on any atom is 0.251 e. The van der Waals surface area contributed by atoms with E-state index >= 15 is 0 Å². The van der Waals surface area contributed by atoms with Gasteiger partial charge in [0.05, 0.1) is 0 Å². The van der Waals surface area contributed by atoms with Crippen LogP contribution in [-0.4, -0.2) is 24.9 Å². The van der Waals surface area contributed by atoms with Gasteiger partial charge in [0.25, 0.3) is 11.8 Å². The molecule has 0 saturated carbocycles. The molecule has 2 amide bonds. The van der Waals surface area contributed by atoms with E-state index in [0.29, 0.717) is 24.2 Å². The summed E-state index contributed by atoms with van der Waals surface area (Å²) < 4.78 is 25.6. The van der Waals surface area contributed by atoms with E-state index in [1.807, 2.05) is 0 Å². The third-order valence-electron chi connectivity index (χ3n) is 4.14. The smallest absolute Gasteiger partial charge is 0.251 e. The molecule has 0 aromatic heterocycles. The Morgan fingerprint density at radius 3 is 1.30 bits per heavy atom. The molecule has 0 radical (unpaired) electrons. The third kappa shape index (κ3) is 7.56. The van der Waals surface area contributed by atoms with Crippen molar-refractivity contribution in [3.8, 4) is 0 Å². The molecule has 0 aliphatic rings. The number of hydrogen-bond donors (Lipinski definition) is 2. The summed E-state index contributed by atoms with van der Waals surface area (Å²) in [5.74, 6) is -1.11. The summed E-state index contributed by atoms with van der Waals surface area (Å²) in [7, 11) is 0. The van der Waals surface area contributed by atoms with Crippen molar-refractivity contribution >= 4 is 11.8 Å². The largest absolute Gasteiger partial charge is 0.352 e. The second-order valence-electron chi connectivity index (χ2n) is 6.29. The Kier molecular flexibility index (Phi) is 8.42. The van der Waals surface area contributed by atoms with Gasteiger partial charge in [0.1, 0.15) is 11.6 Å². The summed E-state index contributed by atoms with van der Waals surface area (Å²) in [6.45, 7) is 1.16. The second-order valence-corrected chi connectivity index (χ2v) is 6.29. The van der Waals surface area contributed by atoms with Crippen molar-refractivity contribution in [1.29, 1.82) is 0 Å². The molecule has 0 aliphatic carbocycles. The molecule has 6 heteroatoms. The molecule has 27 heavy (non-hydrogen) atoms. The van der Waals surface area contributed by atoms with Crippen molar-refractivity contribution in [2.24, 2.45) is 0 Å². The maximum atomic E-state index is 12.8. The van der Waals surface area contributed by atoms with Crippen LogP contribution in [-0.2, 0) is 0 Å². The lowest BCUT2D eigenvalue weighted by Gasteiger charge is -2.06. The first-order valence-corrected chi connectivity index (χ1v) is 9.14. The molecule has 0 bridgehead atoms. The molecule has 2 rings (SSSR count). The average Bonchev–Trinajstić information content (AvgIpc) is 2.67. The zero-order chi connectivity index (χ0) is 19.5. The van der Waals surface area contributed by atoms with Crippen LogP contribution < -0.4 is 10.6 Å². The SMILES string of the molecule is O=C(NCCCCCCCNC(=O)c1ccc(F)cc1)c1ccc(F)cc1. The fraction of sp³-hybridized carbons (Fsp3) is 0.333. The molecular formula is C21H24F2N2O2. The summed E-state index contributed by atoms with van der Waals surface area (Å²) >= 11 is 0. The molecule has 0 fully saturated rings. The van der Waals surface area contributed by atoms with E-state index in [0.717, 1.165) is 32.1 Å². The van der Waals surface area contributed by atoms with Crippen LogP contribution in [0.4, 0.5) is 8.78 Å². The summed E-state index contributed by atoms with van der Waals surface area (Å²) in [5, 5.41) is 5.62. The Bertz CT molecular complexity index is 667. The van der Waals surface area contributed by atoms with E-state index in [1.165, 1.54) is 48.5 Å². The molecule has 4 nitrogen and oxygen atoms in total. The van der Waals surface area contributed by atoms with Gasteiger partial charge in [-0.25, -0.2) is 8.78 Å². The molecule has 0 saturated heterocycles. The van der Waals surface area contributed by atoms with Crippen molar-refractivity contribution in [2.45, 2.75) is 32.1 Å². The van der Waals surface area contributed by atoms with Gasteiger partial charge in [0.15, 0.2) is 0 Å². The van der Waals surface area contributed by atoms with Crippen LogP contribution in [0.25, 0.3) is 0 Å². The zero-order valence-corrected chi connectivity index (χ0v) is 15.1. The summed E-state index contributed by atoms with van der Waals surface area (Å²) in [6.07, 6.45) is 4.72. The maximum absolute atomic E-state index is 12.8. The fourth-order valence-corrected chi connectivity index (χ4v) is 2.59. The van der Waals surface area contributed by atoms with Crippen LogP contribution in [0.15, 0.2) is 48.5 Å². The molecule has 2 aromatic rings. The topological polar surface area (TPSA) is 58.2 Å². The number of benzene rings is 2. The highest BCUT2D eigenvalue weighted by Gasteiger charge is 2.05. The highest BCUT2D eigenvalue weighted by molar-refractivity contribution is 5.94. The minimum atomic E-state index is -0.361. The first kappa shape index (κ1) is 20.6. The van der Waals surface area contributed by atoms with Gasteiger partial charge >= 0.3 is 0 Å². The molecule has 144 valence electrons.